The lowest BCUT2D eigenvalue weighted by atomic mass is 9.98. The normalized spacial score (nSPS) is 13.0. The van der Waals surface area contributed by atoms with Gasteiger partial charge >= 0.3 is 6.36 Å². The zero-order valence-electron chi connectivity index (χ0n) is 11.5. The highest BCUT2D eigenvalue weighted by Gasteiger charge is 2.31. The summed E-state index contributed by atoms with van der Waals surface area (Å²) in [5.74, 6) is -0.299. The molecule has 7 heteroatoms. The van der Waals surface area contributed by atoms with E-state index in [0.29, 0.717) is 22.5 Å². The van der Waals surface area contributed by atoms with Crippen molar-refractivity contribution in [3.05, 3.63) is 52.8 Å². The standard InChI is InChI=1S/C14H14F3N3O/c1-8-6-12(9(2)20-19-8)13(18)10-4-3-5-11(7-10)21-14(15,16)17/h3-7,13H,18H2,1-2H3. The second-order valence-electron chi connectivity index (χ2n) is 4.62. The number of aryl methyl sites for hydroxylation is 2. The Balaban J connectivity index is 2.33. The highest BCUT2D eigenvalue weighted by Crippen LogP contribution is 2.28. The molecule has 1 aromatic heterocycles. The molecular weight excluding hydrogens is 283 g/mol. The topological polar surface area (TPSA) is 61.0 Å². The number of benzene rings is 1. The van der Waals surface area contributed by atoms with Gasteiger partial charge in [-0.2, -0.15) is 10.2 Å². The molecule has 0 saturated heterocycles. The molecule has 0 aliphatic rings. The average molecular weight is 297 g/mol. The van der Waals surface area contributed by atoms with E-state index < -0.39 is 12.4 Å². The molecule has 0 aliphatic carbocycles. The summed E-state index contributed by atoms with van der Waals surface area (Å²) >= 11 is 0. The summed E-state index contributed by atoms with van der Waals surface area (Å²) in [6.45, 7) is 3.52. The second-order valence-corrected chi connectivity index (χ2v) is 4.62. The minimum atomic E-state index is -4.73. The number of nitrogens with two attached hydrogens (primary N) is 1. The lowest BCUT2D eigenvalue weighted by Gasteiger charge is -2.16. The maximum absolute atomic E-state index is 12.2. The highest BCUT2D eigenvalue weighted by atomic mass is 19.4. The first kappa shape index (κ1) is 15.2. The van der Waals surface area contributed by atoms with E-state index in [-0.39, 0.29) is 5.75 Å². The first-order valence-corrected chi connectivity index (χ1v) is 6.18. The van der Waals surface area contributed by atoms with Crippen LogP contribution >= 0.6 is 0 Å². The van der Waals surface area contributed by atoms with Gasteiger partial charge in [0.05, 0.1) is 17.4 Å². The molecular formula is C14H14F3N3O. The van der Waals surface area contributed by atoms with E-state index in [0.717, 1.165) is 0 Å². The summed E-state index contributed by atoms with van der Waals surface area (Å²) in [5.41, 5.74) is 8.66. The summed E-state index contributed by atoms with van der Waals surface area (Å²) in [5, 5.41) is 7.87. The van der Waals surface area contributed by atoms with Crippen molar-refractivity contribution in [3.63, 3.8) is 0 Å². The Morgan fingerprint density at radius 2 is 1.86 bits per heavy atom. The lowest BCUT2D eigenvalue weighted by molar-refractivity contribution is -0.274. The van der Waals surface area contributed by atoms with Crippen LogP contribution in [0.2, 0.25) is 0 Å². The number of nitrogens with zero attached hydrogens (tertiary/aromatic N) is 2. The summed E-state index contributed by atoms with van der Waals surface area (Å²) in [4.78, 5) is 0. The minimum absolute atomic E-state index is 0.299. The fraction of sp³-hybridized carbons (Fsp3) is 0.286. The van der Waals surface area contributed by atoms with Gasteiger partial charge in [0.2, 0.25) is 0 Å². The Morgan fingerprint density at radius 1 is 1.14 bits per heavy atom. The summed E-state index contributed by atoms with van der Waals surface area (Å²) < 4.78 is 40.6. The van der Waals surface area contributed by atoms with Crippen molar-refractivity contribution in [3.8, 4) is 5.75 Å². The van der Waals surface area contributed by atoms with Crippen LogP contribution in [0.4, 0.5) is 13.2 Å². The van der Waals surface area contributed by atoms with Gasteiger partial charge in [-0.15, -0.1) is 13.2 Å². The van der Waals surface area contributed by atoms with E-state index in [2.05, 4.69) is 14.9 Å². The molecule has 0 spiro atoms. The monoisotopic (exact) mass is 297 g/mol. The Labute approximate surface area is 119 Å². The Bertz CT molecular complexity index is 644. The van der Waals surface area contributed by atoms with Crippen molar-refractivity contribution >= 4 is 0 Å². The van der Waals surface area contributed by atoms with Crippen molar-refractivity contribution < 1.29 is 17.9 Å². The van der Waals surface area contributed by atoms with E-state index in [4.69, 9.17) is 5.73 Å². The second kappa shape index (κ2) is 5.69. The van der Waals surface area contributed by atoms with Crippen LogP contribution < -0.4 is 10.5 Å². The molecule has 0 bridgehead atoms. The van der Waals surface area contributed by atoms with Crippen molar-refractivity contribution in [1.29, 1.82) is 0 Å². The van der Waals surface area contributed by atoms with Crippen LogP contribution in [0.1, 0.15) is 28.6 Å². The fourth-order valence-corrected chi connectivity index (χ4v) is 1.97. The summed E-state index contributed by atoms with van der Waals surface area (Å²) in [7, 11) is 0. The SMILES string of the molecule is Cc1cc(C(N)c2cccc(OC(F)(F)F)c2)c(C)nn1. The first-order valence-electron chi connectivity index (χ1n) is 6.18. The van der Waals surface area contributed by atoms with Gasteiger partial charge in [0, 0.05) is 0 Å². The smallest absolute Gasteiger partial charge is 0.406 e. The number of hydrogen-bond acceptors (Lipinski definition) is 4. The van der Waals surface area contributed by atoms with Crippen molar-refractivity contribution in [1.82, 2.24) is 10.2 Å². The van der Waals surface area contributed by atoms with Crippen LogP contribution in [0.3, 0.4) is 0 Å². The zero-order chi connectivity index (χ0) is 15.6. The molecule has 0 aliphatic heterocycles. The fourth-order valence-electron chi connectivity index (χ4n) is 1.97. The molecule has 1 heterocycles. The summed E-state index contributed by atoms with van der Waals surface area (Å²) in [6.07, 6.45) is -4.73. The van der Waals surface area contributed by atoms with Gasteiger partial charge < -0.3 is 10.5 Å². The minimum Gasteiger partial charge on any atom is -0.406 e. The average Bonchev–Trinajstić information content (AvgIpc) is 2.39. The van der Waals surface area contributed by atoms with E-state index >= 15 is 0 Å². The molecule has 112 valence electrons. The zero-order valence-corrected chi connectivity index (χ0v) is 11.5. The largest absolute Gasteiger partial charge is 0.573 e. The third-order valence-electron chi connectivity index (χ3n) is 2.93. The lowest BCUT2D eigenvalue weighted by Crippen LogP contribution is -2.18. The molecule has 2 N–H and O–H groups in total. The first-order chi connectivity index (χ1) is 9.76. The van der Waals surface area contributed by atoms with Gasteiger partial charge in [-0.05, 0) is 43.2 Å². The Hall–Kier alpha value is -2.15. The maximum Gasteiger partial charge on any atom is 0.573 e. The maximum atomic E-state index is 12.2. The van der Waals surface area contributed by atoms with E-state index in [1.165, 1.54) is 18.2 Å². The number of rotatable bonds is 3. The van der Waals surface area contributed by atoms with E-state index in [1.807, 2.05) is 0 Å². The van der Waals surface area contributed by atoms with Crippen LogP contribution in [-0.4, -0.2) is 16.6 Å². The molecule has 0 fully saturated rings. The summed E-state index contributed by atoms with van der Waals surface area (Å²) in [6, 6.07) is 6.77. The van der Waals surface area contributed by atoms with E-state index in [9.17, 15) is 13.2 Å². The van der Waals surface area contributed by atoms with Gasteiger partial charge in [0.1, 0.15) is 5.75 Å². The molecule has 1 aromatic carbocycles. The number of aromatic nitrogens is 2. The third kappa shape index (κ3) is 3.91. The Kier molecular flexibility index (Phi) is 4.13. The molecule has 0 saturated carbocycles. The van der Waals surface area contributed by atoms with Crippen molar-refractivity contribution in [2.45, 2.75) is 26.3 Å². The van der Waals surface area contributed by atoms with Gasteiger partial charge in [0.15, 0.2) is 0 Å². The van der Waals surface area contributed by atoms with Gasteiger partial charge in [-0.25, -0.2) is 0 Å². The van der Waals surface area contributed by atoms with Crippen LogP contribution in [-0.2, 0) is 0 Å². The molecule has 21 heavy (non-hydrogen) atoms. The number of alkyl halides is 3. The van der Waals surface area contributed by atoms with Crippen LogP contribution in [0.25, 0.3) is 0 Å². The Morgan fingerprint density at radius 3 is 2.52 bits per heavy atom. The molecule has 1 atom stereocenters. The molecule has 2 aromatic rings. The molecule has 4 nitrogen and oxygen atoms in total. The van der Waals surface area contributed by atoms with Crippen molar-refractivity contribution in [2.24, 2.45) is 5.73 Å². The quantitative estimate of drug-likeness (QED) is 0.946. The van der Waals surface area contributed by atoms with Crippen molar-refractivity contribution in [2.75, 3.05) is 0 Å². The number of ether oxygens (including phenoxy) is 1. The highest BCUT2D eigenvalue weighted by molar-refractivity contribution is 5.37. The predicted octanol–water partition coefficient (Wildman–Crippen LogP) is 3.04. The van der Waals surface area contributed by atoms with Crippen LogP contribution in [0.15, 0.2) is 30.3 Å². The van der Waals surface area contributed by atoms with Gasteiger partial charge in [-0.1, -0.05) is 12.1 Å². The molecule has 0 amide bonds. The number of halogens is 3. The molecule has 1 unspecified atom stereocenters. The molecule has 2 rings (SSSR count). The van der Waals surface area contributed by atoms with Crippen LogP contribution in [0.5, 0.6) is 5.75 Å². The molecule has 0 radical (unpaired) electrons. The van der Waals surface area contributed by atoms with Gasteiger partial charge in [-0.3, -0.25) is 0 Å². The number of hydrogen-bond donors (Lipinski definition) is 1. The third-order valence-corrected chi connectivity index (χ3v) is 2.93. The van der Waals surface area contributed by atoms with Crippen LogP contribution in [0, 0.1) is 13.8 Å². The van der Waals surface area contributed by atoms with Gasteiger partial charge in [0.25, 0.3) is 0 Å². The predicted molar refractivity (Wildman–Crippen MR) is 70.7 cm³/mol. The van der Waals surface area contributed by atoms with E-state index in [1.54, 1.807) is 26.0 Å².